The van der Waals surface area contributed by atoms with Crippen molar-refractivity contribution in [2.75, 3.05) is 19.8 Å². The second kappa shape index (κ2) is 7.26. The van der Waals surface area contributed by atoms with Crippen LogP contribution in [0, 0.1) is 0 Å². The highest BCUT2D eigenvalue weighted by Gasteiger charge is 1.96. The van der Waals surface area contributed by atoms with Crippen LogP contribution in [0.4, 0.5) is 0 Å². The zero-order chi connectivity index (χ0) is 10.2. The topological polar surface area (TPSA) is 18.5 Å². The van der Waals surface area contributed by atoms with Crippen molar-refractivity contribution in [3.8, 4) is 0 Å². The fourth-order valence-corrected chi connectivity index (χ4v) is 1.55. The average Bonchev–Trinajstić information content (AvgIpc) is 2.21. The van der Waals surface area contributed by atoms with Gasteiger partial charge in [0.05, 0.1) is 26.1 Å². The molecule has 0 saturated carbocycles. The minimum absolute atomic E-state index is 0.711. The van der Waals surface area contributed by atoms with Crippen molar-refractivity contribution in [2.24, 2.45) is 0 Å². The summed E-state index contributed by atoms with van der Waals surface area (Å²) in [6.07, 6.45) is 7.04. The summed E-state index contributed by atoms with van der Waals surface area (Å²) in [4.78, 5) is 2.12. The van der Waals surface area contributed by atoms with Gasteiger partial charge in [-0.2, -0.15) is 0 Å². The van der Waals surface area contributed by atoms with E-state index in [1.54, 1.807) is 6.26 Å². The van der Waals surface area contributed by atoms with Gasteiger partial charge in [-0.25, -0.2) is 0 Å². The minimum atomic E-state index is 0.711. The molecule has 0 unspecified atom stereocenters. The predicted octanol–water partition coefficient (Wildman–Crippen LogP) is 2.79. The first-order valence-corrected chi connectivity index (χ1v) is 5.64. The third-order valence-corrected chi connectivity index (χ3v) is 2.45. The van der Waals surface area contributed by atoms with Crippen molar-refractivity contribution >= 4 is 25.3 Å². The third-order valence-electron chi connectivity index (χ3n) is 1.81. The largest absolute Gasteiger partial charge is 0.500 e. The molecule has 14 heavy (non-hydrogen) atoms. The number of allylic oxidation sites excluding steroid dienone is 1. The molecule has 2 aliphatic rings. The van der Waals surface area contributed by atoms with Gasteiger partial charge in [0, 0.05) is 9.81 Å². The van der Waals surface area contributed by atoms with Gasteiger partial charge in [-0.3, -0.25) is 0 Å². The number of hydrogen-bond acceptors (Lipinski definition) is 4. The molecular weight excluding hydrogens is 216 g/mol. The summed E-state index contributed by atoms with van der Waals surface area (Å²) >= 11 is 8.19. The normalized spacial score (nSPS) is 21.0. The van der Waals surface area contributed by atoms with Crippen LogP contribution in [0.1, 0.15) is 19.3 Å². The van der Waals surface area contributed by atoms with E-state index >= 15 is 0 Å². The van der Waals surface area contributed by atoms with Gasteiger partial charge in [0.1, 0.15) is 0 Å². The molecule has 4 heteroatoms. The van der Waals surface area contributed by atoms with Gasteiger partial charge in [-0.1, -0.05) is 6.08 Å². The van der Waals surface area contributed by atoms with E-state index in [-0.39, 0.29) is 0 Å². The summed E-state index contributed by atoms with van der Waals surface area (Å²) in [5.41, 5.74) is 0. The lowest BCUT2D eigenvalue weighted by molar-refractivity contribution is 0.156. The maximum Gasteiger partial charge on any atom is 0.0921 e. The number of thiol groups is 2. The number of ether oxygens (including phenoxy) is 2. The first-order valence-electron chi connectivity index (χ1n) is 4.74. The maximum atomic E-state index is 5.04. The fraction of sp³-hybridized carbons (Fsp3) is 0.600. The lowest BCUT2D eigenvalue weighted by Crippen LogP contribution is -2.01. The molecule has 2 heterocycles. The van der Waals surface area contributed by atoms with E-state index in [9.17, 15) is 0 Å². The molecule has 0 fully saturated rings. The molecule has 0 atom stereocenters. The van der Waals surface area contributed by atoms with Crippen molar-refractivity contribution in [2.45, 2.75) is 19.3 Å². The molecule has 2 rings (SSSR count). The third kappa shape index (κ3) is 5.62. The standard InChI is InChI=1S/2C5H8OS/c2*7-5-2-1-3-6-4-5/h4,7H,1-3H2;2,7H,1,3-4H2. The van der Waals surface area contributed by atoms with Crippen LogP contribution < -0.4 is 0 Å². The van der Waals surface area contributed by atoms with E-state index in [1.165, 1.54) is 0 Å². The van der Waals surface area contributed by atoms with Crippen molar-refractivity contribution in [3.05, 3.63) is 22.1 Å². The summed E-state index contributed by atoms with van der Waals surface area (Å²) < 4.78 is 9.98. The molecule has 2 aliphatic heterocycles. The van der Waals surface area contributed by atoms with Crippen LogP contribution in [0.15, 0.2) is 22.1 Å². The lowest BCUT2D eigenvalue weighted by Gasteiger charge is -2.07. The molecule has 0 saturated heterocycles. The predicted molar refractivity (Wildman–Crippen MR) is 64.8 cm³/mol. The van der Waals surface area contributed by atoms with Crippen LogP contribution in [0.2, 0.25) is 0 Å². The van der Waals surface area contributed by atoms with Crippen molar-refractivity contribution in [1.82, 2.24) is 0 Å². The van der Waals surface area contributed by atoms with Crippen LogP contribution in [-0.4, -0.2) is 19.8 Å². The average molecular weight is 232 g/mol. The van der Waals surface area contributed by atoms with Crippen LogP contribution in [0.3, 0.4) is 0 Å². The van der Waals surface area contributed by atoms with E-state index in [0.29, 0.717) is 6.61 Å². The first-order chi connectivity index (χ1) is 6.79. The van der Waals surface area contributed by atoms with Crippen LogP contribution in [-0.2, 0) is 9.47 Å². The highest BCUT2D eigenvalue weighted by atomic mass is 32.1. The Bertz CT molecular complexity index is 200. The summed E-state index contributed by atoms with van der Waals surface area (Å²) in [6, 6.07) is 0. The summed E-state index contributed by atoms with van der Waals surface area (Å²) in [5, 5.41) is 0. The zero-order valence-electron chi connectivity index (χ0n) is 8.11. The van der Waals surface area contributed by atoms with E-state index < -0.39 is 0 Å². The summed E-state index contributed by atoms with van der Waals surface area (Å²) in [7, 11) is 0. The highest BCUT2D eigenvalue weighted by molar-refractivity contribution is 7.84. The van der Waals surface area contributed by atoms with Gasteiger partial charge in [-0.15, -0.1) is 25.3 Å². The summed E-state index contributed by atoms with van der Waals surface area (Å²) in [5.74, 6) is 0. The smallest absolute Gasteiger partial charge is 0.0921 e. The molecule has 0 amide bonds. The van der Waals surface area contributed by atoms with E-state index in [4.69, 9.17) is 9.47 Å². The second-order valence-corrected chi connectivity index (χ2v) is 4.27. The Morgan fingerprint density at radius 3 is 2.29 bits per heavy atom. The number of hydrogen-bond donors (Lipinski definition) is 2. The van der Waals surface area contributed by atoms with E-state index in [1.807, 2.05) is 0 Å². The molecule has 0 aromatic carbocycles. The Labute approximate surface area is 96.2 Å². The van der Waals surface area contributed by atoms with Crippen LogP contribution >= 0.6 is 25.3 Å². The maximum absolute atomic E-state index is 5.04. The molecule has 0 N–H and O–H groups in total. The van der Waals surface area contributed by atoms with Gasteiger partial charge in [0.25, 0.3) is 0 Å². The first kappa shape index (κ1) is 12.0. The lowest BCUT2D eigenvalue weighted by atomic mass is 10.3. The van der Waals surface area contributed by atoms with Gasteiger partial charge >= 0.3 is 0 Å². The monoisotopic (exact) mass is 232 g/mol. The Morgan fingerprint density at radius 2 is 2.00 bits per heavy atom. The molecule has 0 aliphatic carbocycles. The zero-order valence-corrected chi connectivity index (χ0v) is 9.90. The molecule has 0 aromatic rings. The molecule has 2 nitrogen and oxygen atoms in total. The second-order valence-electron chi connectivity index (χ2n) is 3.12. The van der Waals surface area contributed by atoms with Gasteiger partial charge < -0.3 is 9.47 Å². The van der Waals surface area contributed by atoms with Crippen molar-refractivity contribution < 1.29 is 9.47 Å². The molecule has 0 radical (unpaired) electrons. The van der Waals surface area contributed by atoms with Crippen LogP contribution in [0.5, 0.6) is 0 Å². The molecule has 80 valence electrons. The Morgan fingerprint density at radius 1 is 1.14 bits per heavy atom. The highest BCUT2D eigenvalue weighted by Crippen LogP contribution is 2.13. The minimum Gasteiger partial charge on any atom is -0.500 e. The number of rotatable bonds is 0. The Balaban J connectivity index is 0.000000140. The van der Waals surface area contributed by atoms with E-state index in [0.717, 1.165) is 42.3 Å². The van der Waals surface area contributed by atoms with Gasteiger partial charge in [0.15, 0.2) is 0 Å². The van der Waals surface area contributed by atoms with Gasteiger partial charge in [0.2, 0.25) is 0 Å². The van der Waals surface area contributed by atoms with Crippen LogP contribution in [0.25, 0.3) is 0 Å². The SMILES string of the molecule is SC1=CCCOC1.SC1=COCCC1. The van der Waals surface area contributed by atoms with Crippen molar-refractivity contribution in [1.29, 1.82) is 0 Å². The summed E-state index contributed by atoms with van der Waals surface area (Å²) in [6.45, 7) is 2.44. The Hall–Kier alpha value is -0.0600. The molecular formula is C10H16O2S2. The Kier molecular flexibility index (Phi) is 6.23. The molecule has 0 aromatic heterocycles. The molecule has 0 spiro atoms. The van der Waals surface area contributed by atoms with Crippen molar-refractivity contribution in [3.63, 3.8) is 0 Å². The van der Waals surface area contributed by atoms with E-state index in [2.05, 4.69) is 31.3 Å². The quantitative estimate of drug-likeness (QED) is 0.626. The fourth-order valence-electron chi connectivity index (χ4n) is 1.10. The molecule has 0 bridgehead atoms. The van der Waals surface area contributed by atoms with Gasteiger partial charge in [-0.05, 0) is 19.3 Å².